The molecule has 3 rings (SSSR count). The van der Waals surface area contributed by atoms with Crippen LogP contribution in [-0.4, -0.2) is 18.3 Å². The summed E-state index contributed by atoms with van der Waals surface area (Å²) in [6, 6.07) is 9.38. The molecule has 2 nitrogen and oxygen atoms in total. The zero-order valence-electron chi connectivity index (χ0n) is 11.0. The van der Waals surface area contributed by atoms with Gasteiger partial charge in [-0.3, -0.25) is 0 Å². The molecule has 1 aromatic rings. The highest BCUT2D eigenvalue weighted by Gasteiger charge is 2.41. The Kier molecular flexibility index (Phi) is 3.40. The summed E-state index contributed by atoms with van der Waals surface area (Å²) in [6.45, 7) is 1.41. The van der Waals surface area contributed by atoms with Crippen LogP contribution in [0.15, 0.2) is 24.3 Å². The van der Waals surface area contributed by atoms with E-state index in [-0.39, 0.29) is 0 Å². The fourth-order valence-corrected chi connectivity index (χ4v) is 3.23. The van der Waals surface area contributed by atoms with E-state index in [2.05, 4.69) is 29.6 Å². The van der Waals surface area contributed by atoms with Gasteiger partial charge in [0.1, 0.15) is 0 Å². The van der Waals surface area contributed by atoms with Crippen LogP contribution in [0.3, 0.4) is 0 Å². The molecule has 0 bridgehead atoms. The monoisotopic (exact) mass is 245 g/mol. The van der Waals surface area contributed by atoms with Crippen LogP contribution < -0.4 is 5.32 Å². The highest BCUT2D eigenvalue weighted by Crippen LogP contribution is 2.48. The van der Waals surface area contributed by atoms with E-state index in [9.17, 15) is 0 Å². The van der Waals surface area contributed by atoms with Gasteiger partial charge in [0.2, 0.25) is 0 Å². The fraction of sp³-hybridized carbons (Fsp3) is 0.625. The molecular weight excluding hydrogens is 222 g/mol. The topological polar surface area (TPSA) is 32.3 Å². The van der Waals surface area contributed by atoms with Crippen molar-refractivity contribution in [3.8, 4) is 0 Å². The Morgan fingerprint density at radius 3 is 2.89 bits per heavy atom. The predicted octanol–water partition coefficient (Wildman–Crippen LogP) is 2.82. The Balaban J connectivity index is 1.64. The Morgan fingerprint density at radius 1 is 1.28 bits per heavy atom. The van der Waals surface area contributed by atoms with Crippen LogP contribution in [-0.2, 0) is 6.42 Å². The Hall–Kier alpha value is -0.860. The molecule has 0 aliphatic heterocycles. The van der Waals surface area contributed by atoms with Crippen molar-refractivity contribution in [3.05, 3.63) is 35.4 Å². The zero-order valence-corrected chi connectivity index (χ0v) is 11.0. The smallest absolute Gasteiger partial charge is 0.0436 e. The molecular formula is C16H23NO. The van der Waals surface area contributed by atoms with Crippen molar-refractivity contribution in [2.45, 2.75) is 44.6 Å². The number of aryl methyl sites for hydroxylation is 1. The first-order chi connectivity index (χ1) is 8.83. The van der Waals surface area contributed by atoms with Crippen LogP contribution in [0, 0.1) is 5.41 Å². The predicted molar refractivity (Wildman–Crippen MR) is 73.5 cm³/mol. The summed E-state index contributed by atoms with van der Waals surface area (Å²) in [5, 5.41) is 12.9. The van der Waals surface area contributed by atoms with Gasteiger partial charge in [-0.05, 0) is 55.1 Å². The minimum absolute atomic E-state index is 0.336. The summed E-state index contributed by atoms with van der Waals surface area (Å²) < 4.78 is 0. The number of benzene rings is 1. The zero-order chi connectivity index (χ0) is 12.4. The molecule has 2 heteroatoms. The maximum atomic E-state index is 9.11. The summed E-state index contributed by atoms with van der Waals surface area (Å²) in [5.74, 6) is 0. The highest BCUT2D eigenvalue weighted by molar-refractivity contribution is 5.32. The Morgan fingerprint density at radius 2 is 2.11 bits per heavy atom. The van der Waals surface area contributed by atoms with Gasteiger partial charge in [0.05, 0.1) is 0 Å². The lowest BCUT2D eigenvalue weighted by atomic mass is 9.87. The van der Waals surface area contributed by atoms with Crippen molar-refractivity contribution in [2.24, 2.45) is 5.41 Å². The van der Waals surface area contributed by atoms with Gasteiger partial charge in [-0.1, -0.05) is 24.3 Å². The van der Waals surface area contributed by atoms with Crippen LogP contribution in [0.2, 0.25) is 0 Å². The average Bonchev–Trinajstić information content (AvgIpc) is 3.17. The van der Waals surface area contributed by atoms with Crippen molar-refractivity contribution in [2.75, 3.05) is 13.2 Å². The molecule has 0 amide bonds. The molecule has 1 atom stereocenters. The Bertz CT molecular complexity index is 411. The van der Waals surface area contributed by atoms with Gasteiger partial charge in [0.25, 0.3) is 0 Å². The van der Waals surface area contributed by atoms with Gasteiger partial charge < -0.3 is 10.4 Å². The molecule has 0 spiro atoms. The third kappa shape index (κ3) is 2.45. The van der Waals surface area contributed by atoms with Crippen molar-refractivity contribution in [1.29, 1.82) is 0 Å². The maximum Gasteiger partial charge on any atom is 0.0436 e. The van der Waals surface area contributed by atoms with E-state index >= 15 is 0 Å². The number of hydrogen-bond donors (Lipinski definition) is 2. The molecule has 0 heterocycles. The van der Waals surface area contributed by atoms with E-state index in [0.29, 0.717) is 18.1 Å². The first-order valence-corrected chi connectivity index (χ1v) is 7.25. The van der Waals surface area contributed by atoms with Gasteiger partial charge in [0.15, 0.2) is 0 Å². The third-order valence-corrected chi connectivity index (χ3v) is 4.69. The molecule has 1 fully saturated rings. The van der Waals surface area contributed by atoms with Crippen LogP contribution in [0.4, 0.5) is 0 Å². The molecule has 1 saturated carbocycles. The second-order valence-corrected chi connectivity index (χ2v) is 6.00. The molecule has 1 unspecified atom stereocenters. The van der Waals surface area contributed by atoms with E-state index in [4.69, 9.17) is 5.11 Å². The van der Waals surface area contributed by atoms with Gasteiger partial charge in [-0.25, -0.2) is 0 Å². The van der Waals surface area contributed by atoms with Crippen LogP contribution in [0.1, 0.15) is 49.3 Å². The lowest BCUT2D eigenvalue weighted by molar-refractivity contribution is 0.240. The molecule has 2 aliphatic carbocycles. The lowest BCUT2D eigenvalue weighted by Gasteiger charge is -2.28. The van der Waals surface area contributed by atoms with Crippen LogP contribution >= 0.6 is 0 Å². The second-order valence-electron chi connectivity index (χ2n) is 6.00. The summed E-state index contributed by atoms with van der Waals surface area (Å²) in [5.41, 5.74) is 3.44. The summed E-state index contributed by atoms with van der Waals surface area (Å²) >= 11 is 0. The van der Waals surface area contributed by atoms with Gasteiger partial charge in [-0.2, -0.15) is 0 Å². The van der Waals surface area contributed by atoms with E-state index in [1.54, 1.807) is 0 Å². The lowest BCUT2D eigenvalue weighted by Crippen LogP contribution is -2.31. The van der Waals surface area contributed by atoms with Crippen molar-refractivity contribution in [3.63, 3.8) is 0 Å². The molecule has 98 valence electrons. The van der Waals surface area contributed by atoms with Crippen LogP contribution in [0.25, 0.3) is 0 Å². The first kappa shape index (κ1) is 12.2. The number of aliphatic hydroxyl groups is 1. The quantitative estimate of drug-likeness (QED) is 0.836. The molecule has 2 N–H and O–H groups in total. The maximum absolute atomic E-state index is 9.11. The minimum atomic E-state index is 0.336. The molecule has 0 aromatic heterocycles. The van der Waals surface area contributed by atoms with Crippen molar-refractivity contribution >= 4 is 0 Å². The highest BCUT2D eigenvalue weighted by atomic mass is 16.3. The molecule has 2 aliphatic rings. The van der Waals surface area contributed by atoms with Crippen molar-refractivity contribution in [1.82, 2.24) is 5.32 Å². The molecule has 0 radical (unpaired) electrons. The molecule has 0 saturated heterocycles. The van der Waals surface area contributed by atoms with Crippen molar-refractivity contribution < 1.29 is 5.11 Å². The standard InChI is InChI=1S/C16H23NO/c18-11-10-16(8-9-16)12-17-15-7-3-5-13-4-1-2-6-14(13)15/h1-2,4,6,15,17-18H,3,5,7-12H2. The SMILES string of the molecule is OCCC1(CNC2CCCc3ccccc32)CC1. The molecule has 18 heavy (non-hydrogen) atoms. The summed E-state index contributed by atoms with van der Waals surface area (Å²) in [7, 11) is 0. The normalized spacial score (nSPS) is 24.6. The summed E-state index contributed by atoms with van der Waals surface area (Å²) in [4.78, 5) is 0. The number of aliphatic hydroxyl groups excluding tert-OH is 1. The third-order valence-electron chi connectivity index (χ3n) is 4.69. The van der Waals surface area contributed by atoms with Gasteiger partial charge in [0, 0.05) is 19.2 Å². The van der Waals surface area contributed by atoms with Gasteiger partial charge in [-0.15, -0.1) is 0 Å². The number of rotatable bonds is 5. The number of hydrogen-bond acceptors (Lipinski definition) is 2. The second kappa shape index (κ2) is 5.02. The van der Waals surface area contributed by atoms with Gasteiger partial charge >= 0.3 is 0 Å². The first-order valence-electron chi connectivity index (χ1n) is 7.25. The molecule has 1 aromatic carbocycles. The summed E-state index contributed by atoms with van der Waals surface area (Å²) in [6.07, 6.45) is 7.32. The van der Waals surface area contributed by atoms with E-state index in [1.165, 1.54) is 43.2 Å². The minimum Gasteiger partial charge on any atom is -0.396 e. The number of fused-ring (bicyclic) bond motifs is 1. The average molecular weight is 245 g/mol. The Labute approximate surface area is 109 Å². The number of nitrogens with one attached hydrogen (secondary N) is 1. The van der Waals surface area contributed by atoms with Crippen LogP contribution in [0.5, 0.6) is 0 Å². The van der Waals surface area contributed by atoms with E-state index in [1.807, 2.05) is 0 Å². The fourth-order valence-electron chi connectivity index (χ4n) is 3.23. The van der Waals surface area contributed by atoms with E-state index in [0.717, 1.165) is 13.0 Å². The largest absolute Gasteiger partial charge is 0.396 e. The van der Waals surface area contributed by atoms with E-state index < -0.39 is 0 Å².